The minimum Gasteiger partial charge on any atom is -0.330 e. The van der Waals surface area contributed by atoms with Crippen LogP contribution in [0.3, 0.4) is 0 Å². The van der Waals surface area contributed by atoms with Crippen LogP contribution in [0.4, 0.5) is 13.9 Å². The minimum atomic E-state index is -1.05. The highest BCUT2D eigenvalue weighted by atomic mass is 32.2. The van der Waals surface area contributed by atoms with Gasteiger partial charge < -0.3 is 5.73 Å². The van der Waals surface area contributed by atoms with E-state index >= 15 is 4.39 Å². The van der Waals surface area contributed by atoms with Gasteiger partial charge in [0.1, 0.15) is 26.6 Å². The molecule has 0 radical (unpaired) electrons. The molecule has 4 aromatic rings. The Kier molecular flexibility index (Phi) is 6.54. The summed E-state index contributed by atoms with van der Waals surface area (Å²) in [4.78, 5) is 7.25. The minimum absolute atomic E-state index is 0.250. The molecular weight excluding hydrogens is 488 g/mol. The number of thioether (sulfide) groups is 1. The summed E-state index contributed by atoms with van der Waals surface area (Å²) in [5.41, 5.74) is 7.55. The van der Waals surface area contributed by atoms with E-state index in [1.165, 1.54) is 60.0 Å². The van der Waals surface area contributed by atoms with Crippen LogP contribution in [0.2, 0.25) is 0 Å². The number of hydrazone groups is 1. The van der Waals surface area contributed by atoms with Crippen LogP contribution < -0.4 is 10.7 Å². The molecule has 0 amide bonds. The molecular formula is C24H21F2N7S2. The zero-order valence-corrected chi connectivity index (χ0v) is 20.3. The largest absolute Gasteiger partial charge is 0.330 e. The van der Waals surface area contributed by atoms with Crippen molar-refractivity contribution in [3.63, 3.8) is 0 Å². The Morgan fingerprint density at radius 3 is 2.40 bits per heavy atom. The van der Waals surface area contributed by atoms with Gasteiger partial charge in [-0.1, -0.05) is 53.4 Å². The van der Waals surface area contributed by atoms with E-state index in [9.17, 15) is 4.39 Å². The second-order valence-corrected chi connectivity index (χ2v) is 10.2. The van der Waals surface area contributed by atoms with Gasteiger partial charge in [0.15, 0.2) is 0 Å². The molecule has 7 nitrogen and oxygen atoms in total. The topological polar surface area (TPSA) is 93.2 Å². The Bertz CT molecular complexity index is 1360. The lowest BCUT2D eigenvalue weighted by molar-refractivity contribution is 0.433. The fourth-order valence-corrected chi connectivity index (χ4v) is 6.52. The predicted octanol–water partition coefficient (Wildman–Crippen LogP) is 4.82. The summed E-state index contributed by atoms with van der Waals surface area (Å²) in [5.74, 6) is -1.37. The van der Waals surface area contributed by atoms with Crippen molar-refractivity contribution in [3.05, 3.63) is 101 Å². The Balaban J connectivity index is 1.79. The van der Waals surface area contributed by atoms with E-state index in [2.05, 4.69) is 20.2 Å². The van der Waals surface area contributed by atoms with E-state index in [-0.39, 0.29) is 12.1 Å². The van der Waals surface area contributed by atoms with Crippen molar-refractivity contribution in [2.75, 3.05) is 11.6 Å². The third kappa shape index (κ3) is 4.19. The summed E-state index contributed by atoms with van der Waals surface area (Å²) in [6, 6.07) is 12.2. The van der Waals surface area contributed by atoms with Crippen LogP contribution in [-0.4, -0.2) is 31.8 Å². The van der Waals surface area contributed by atoms with Gasteiger partial charge in [-0.15, -0.1) is 10.2 Å². The van der Waals surface area contributed by atoms with Crippen LogP contribution in [0.5, 0.6) is 0 Å². The van der Waals surface area contributed by atoms with Gasteiger partial charge in [0.25, 0.3) is 0 Å². The molecule has 178 valence electrons. The second-order valence-electron chi connectivity index (χ2n) is 7.87. The molecule has 4 heterocycles. The number of anilines is 1. The van der Waals surface area contributed by atoms with Crippen molar-refractivity contribution in [1.82, 2.24) is 20.2 Å². The number of hydrogen-bond acceptors (Lipinski definition) is 9. The Morgan fingerprint density at radius 1 is 1.00 bits per heavy atom. The number of aromatic nitrogens is 4. The highest BCUT2D eigenvalue weighted by Gasteiger charge is 2.54. The summed E-state index contributed by atoms with van der Waals surface area (Å²) < 4.78 is 30.2. The molecule has 0 saturated carbocycles. The molecule has 11 heteroatoms. The average Bonchev–Trinajstić information content (AvgIpc) is 3.48. The van der Waals surface area contributed by atoms with Gasteiger partial charge in [0, 0.05) is 36.3 Å². The summed E-state index contributed by atoms with van der Waals surface area (Å²) in [7, 11) is 0. The van der Waals surface area contributed by atoms with E-state index in [0.29, 0.717) is 22.2 Å². The molecule has 0 aliphatic carbocycles. The standard InChI is InChI=1S/C24H21F2N7S2/c1-15-30-31-23(34-15)33-24(16-5-3-2-4-6-16,19(7-10-27)17-13-28-11-8-20(17)25)35-22(32-33)18-14-29-12-9-21(18)26/h2-6,8-9,11-14,19H,7,10,27H2,1H3. The third-order valence-electron chi connectivity index (χ3n) is 5.74. The summed E-state index contributed by atoms with van der Waals surface area (Å²) in [6.45, 7) is 2.13. The van der Waals surface area contributed by atoms with Gasteiger partial charge >= 0.3 is 0 Å². The molecule has 5 rings (SSSR count). The smallest absolute Gasteiger partial charge is 0.230 e. The first kappa shape index (κ1) is 23.5. The number of rotatable bonds is 7. The van der Waals surface area contributed by atoms with Gasteiger partial charge in [0.2, 0.25) is 5.13 Å². The number of benzene rings is 1. The summed E-state index contributed by atoms with van der Waals surface area (Å²) in [6.07, 6.45) is 6.17. The number of aryl methyl sites for hydroxylation is 1. The number of pyridine rings is 2. The molecule has 2 unspecified atom stereocenters. The molecule has 35 heavy (non-hydrogen) atoms. The molecule has 0 bridgehead atoms. The third-order valence-corrected chi connectivity index (χ3v) is 8.05. The maximum atomic E-state index is 15.3. The number of hydrogen-bond donors (Lipinski definition) is 1. The second kappa shape index (κ2) is 9.76. The van der Waals surface area contributed by atoms with Crippen molar-refractivity contribution < 1.29 is 8.78 Å². The Morgan fingerprint density at radius 2 is 1.74 bits per heavy atom. The summed E-state index contributed by atoms with van der Waals surface area (Å²) in [5, 5.41) is 16.8. The molecule has 2 N–H and O–H groups in total. The van der Waals surface area contributed by atoms with Gasteiger partial charge in [0.05, 0.1) is 5.56 Å². The zero-order valence-electron chi connectivity index (χ0n) is 18.7. The van der Waals surface area contributed by atoms with Crippen molar-refractivity contribution >= 4 is 33.3 Å². The van der Waals surface area contributed by atoms with Crippen molar-refractivity contribution in [1.29, 1.82) is 0 Å². The number of halogens is 2. The van der Waals surface area contributed by atoms with Gasteiger partial charge in [-0.3, -0.25) is 9.97 Å². The molecule has 2 atom stereocenters. The van der Waals surface area contributed by atoms with E-state index in [1.807, 2.05) is 37.3 Å². The first-order valence-electron chi connectivity index (χ1n) is 10.9. The fourth-order valence-electron chi connectivity index (χ4n) is 4.23. The number of nitrogens with two attached hydrogens (primary N) is 1. The molecule has 0 saturated heterocycles. The van der Waals surface area contributed by atoms with E-state index in [0.717, 1.165) is 10.6 Å². The van der Waals surface area contributed by atoms with Crippen LogP contribution in [0, 0.1) is 18.6 Å². The maximum Gasteiger partial charge on any atom is 0.230 e. The quantitative estimate of drug-likeness (QED) is 0.382. The Hall–Kier alpha value is -3.28. The van der Waals surface area contributed by atoms with Crippen molar-refractivity contribution in [2.24, 2.45) is 10.8 Å². The zero-order chi connectivity index (χ0) is 24.4. The molecule has 1 aliphatic rings. The lowest BCUT2D eigenvalue weighted by atomic mass is 9.84. The molecule has 1 aromatic carbocycles. The number of nitrogens with zero attached hydrogens (tertiary/aromatic N) is 6. The maximum absolute atomic E-state index is 15.3. The summed E-state index contributed by atoms with van der Waals surface area (Å²) >= 11 is 2.68. The van der Waals surface area contributed by atoms with Gasteiger partial charge in [-0.05, 0) is 37.6 Å². The van der Waals surface area contributed by atoms with E-state index in [1.54, 1.807) is 5.01 Å². The van der Waals surface area contributed by atoms with Crippen LogP contribution in [0.15, 0.2) is 72.4 Å². The lowest BCUT2D eigenvalue weighted by Crippen LogP contribution is -2.44. The fraction of sp³-hybridized carbons (Fsp3) is 0.208. The van der Waals surface area contributed by atoms with E-state index < -0.39 is 22.4 Å². The first-order chi connectivity index (χ1) is 17.0. The van der Waals surface area contributed by atoms with Crippen LogP contribution in [0.1, 0.15) is 34.0 Å². The molecule has 0 fully saturated rings. The van der Waals surface area contributed by atoms with Crippen LogP contribution in [-0.2, 0) is 4.87 Å². The van der Waals surface area contributed by atoms with Gasteiger partial charge in [-0.2, -0.15) is 5.10 Å². The molecule has 1 aliphatic heterocycles. The normalized spacial score (nSPS) is 18.5. The highest BCUT2D eigenvalue weighted by Crippen LogP contribution is 2.58. The molecule has 3 aromatic heterocycles. The highest BCUT2D eigenvalue weighted by molar-refractivity contribution is 8.15. The monoisotopic (exact) mass is 509 g/mol. The first-order valence-corrected chi connectivity index (χ1v) is 12.5. The van der Waals surface area contributed by atoms with Gasteiger partial charge in [-0.25, -0.2) is 13.8 Å². The van der Waals surface area contributed by atoms with Crippen LogP contribution >= 0.6 is 23.1 Å². The lowest BCUT2D eigenvalue weighted by Gasteiger charge is -2.42. The SMILES string of the molecule is Cc1nnc(N2N=C(c3cnccc3F)SC2(c2ccccc2)C(CCN)c2cnccc2F)s1. The predicted molar refractivity (Wildman–Crippen MR) is 134 cm³/mol. The van der Waals surface area contributed by atoms with Crippen molar-refractivity contribution in [2.45, 2.75) is 24.1 Å². The Labute approximate surface area is 209 Å². The van der Waals surface area contributed by atoms with Crippen molar-refractivity contribution in [3.8, 4) is 0 Å². The van der Waals surface area contributed by atoms with Crippen LogP contribution in [0.25, 0.3) is 0 Å². The average molecular weight is 510 g/mol. The van der Waals surface area contributed by atoms with E-state index in [4.69, 9.17) is 10.8 Å². The molecule has 0 spiro atoms.